The summed E-state index contributed by atoms with van der Waals surface area (Å²) < 4.78 is 37.8. The van der Waals surface area contributed by atoms with Crippen LogP contribution >= 0.6 is 0 Å². The van der Waals surface area contributed by atoms with E-state index in [0.717, 1.165) is 22.9 Å². The summed E-state index contributed by atoms with van der Waals surface area (Å²) in [5, 5.41) is 4.23. The number of benzene rings is 3. The van der Waals surface area contributed by atoms with Crippen LogP contribution in [0.15, 0.2) is 60.7 Å². The van der Waals surface area contributed by atoms with Gasteiger partial charge in [0.15, 0.2) is 0 Å². The molecule has 0 fully saturated rings. The lowest BCUT2D eigenvalue weighted by Gasteiger charge is -2.17. The van der Waals surface area contributed by atoms with Crippen LogP contribution in [-0.2, 0) is 11.0 Å². The summed E-state index contributed by atoms with van der Waals surface area (Å²) in [7, 11) is 0. The number of carbonyl (C=O) groups excluding carboxylic acids is 2. The number of hydrogen-bond acceptors (Lipinski definition) is 2. The second-order valence-electron chi connectivity index (χ2n) is 6.20. The minimum absolute atomic E-state index is 0.229. The van der Waals surface area contributed by atoms with E-state index in [1.54, 1.807) is 24.3 Å². The molecule has 27 heavy (non-hydrogen) atoms. The molecule has 1 heterocycles. The van der Waals surface area contributed by atoms with Gasteiger partial charge in [-0.1, -0.05) is 24.3 Å². The van der Waals surface area contributed by atoms with Crippen molar-refractivity contribution in [3.05, 3.63) is 71.8 Å². The van der Waals surface area contributed by atoms with Gasteiger partial charge in [-0.05, 0) is 41.8 Å². The van der Waals surface area contributed by atoms with Gasteiger partial charge >= 0.3 is 6.18 Å². The summed E-state index contributed by atoms with van der Waals surface area (Å²) in [6.45, 7) is -0.229. The maximum Gasteiger partial charge on any atom is 0.416 e. The summed E-state index contributed by atoms with van der Waals surface area (Å²) in [6, 6.07) is 15.0. The number of carbonyl (C=O) groups is 2. The highest BCUT2D eigenvalue weighted by Crippen LogP contribution is 2.37. The third kappa shape index (κ3) is 3.01. The minimum Gasteiger partial charge on any atom is -0.325 e. The Morgan fingerprint density at radius 2 is 1.63 bits per heavy atom. The molecule has 0 saturated carbocycles. The van der Waals surface area contributed by atoms with Gasteiger partial charge in [-0.3, -0.25) is 14.5 Å². The topological polar surface area (TPSA) is 49.4 Å². The highest BCUT2D eigenvalue weighted by molar-refractivity contribution is 6.26. The molecule has 1 N–H and O–H groups in total. The molecule has 0 unspecified atom stereocenters. The normalized spacial score (nSPS) is 13.3. The van der Waals surface area contributed by atoms with Crippen molar-refractivity contribution in [1.82, 2.24) is 0 Å². The van der Waals surface area contributed by atoms with Crippen LogP contribution in [0.3, 0.4) is 0 Å². The SMILES string of the molecule is O=C(CN1C(=O)c2cccc3cccc1c23)Nc1ccc(C(F)(F)F)cc1. The van der Waals surface area contributed by atoms with E-state index in [2.05, 4.69) is 5.32 Å². The molecule has 4 rings (SSSR count). The van der Waals surface area contributed by atoms with Crippen LogP contribution in [-0.4, -0.2) is 18.4 Å². The van der Waals surface area contributed by atoms with Crippen molar-refractivity contribution in [3.63, 3.8) is 0 Å². The van der Waals surface area contributed by atoms with Gasteiger partial charge < -0.3 is 5.32 Å². The van der Waals surface area contributed by atoms with Gasteiger partial charge in [0.25, 0.3) is 5.91 Å². The van der Waals surface area contributed by atoms with E-state index in [1.807, 2.05) is 12.1 Å². The van der Waals surface area contributed by atoms with Gasteiger partial charge in [0.05, 0.1) is 11.3 Å². The van der Waals surface area contributed by atoms with E-state index < -0.39 is 17.6 Å². The second-order valence-corrected chi connectivity index (χ2v) is 6.20. The predicted octanol–water partition coefficient (Wildman–Crippen LogP) is 4.46. The van der Waals surface area contributed by atoms with Gasteiger partial charge in [0, 0.05) is 16.6 Å². The maximum absolute atomic E-state index is 12.6. The Kier molecular flexibility index (Phi) is 3.87. The molecule has 0 spiro atoms. The van der Waals surface area contributed by atoms with Crippen LogP contribution in [0, 0.1) is 0 Å². The van der Waals surface area contributed by atoms with Crippen molar-refractivity contribution in [3.8, 4) is 0 Å². The van der Waals surface area contributed by atoms with Crippen molar-refractivity contribution in [2.75, 3.05) is 16.8 Å². The van der Waals surface area contributed by atoms with E-state index in [4.69, 9.17) is 0 Å². The molecule has 136 valence electrons. The molecular formula is C20H13F3N2O2. The van der Waals surface area contributed by atoms with E-state index in [-0.39, 0.29) is 18.1 Å². The number of rotatable bonds is 3. The molecule has 0 atom stereocenters. The minimum atomic E-state index is -4.44. The number of nitrogens with zero attached hydrogens (tertiary/aromatic N) is 1. The van der Waals surface area contributed by atoms with Crippen LogP contribution in [0.2, 0.25) is 0 Å². The van der Waals surface area contributed by atoms with E-state index in [1.165, 1.54) is 17.0 Å². The molecule has 1 aliphatic rings. The summed E-state index contributed by atoms with van der Waals surface area (Å²) in [5.74, 6) is -0.766. The highest BCUT2D eigenvalue weighted by atomic mass is 19.4. The number of halogens is 3. The first-order valence-electron chi connectivity index (χ1n) is 8.15. The molecule has 0 radical (unpaired) electrons. The molecular weight excluding hydrogens is 357 g/mol. The molecule has 0 bridgehead atoms. The van der Waals surface area contributed by atoms with Gasteiger partial charge in [-0.25, -0.2) is 0 Å². The third-order valence-corrected chi connectivity index (χ3v) is 4.45. The molecule has 3 aromatic rings. The van der Waals surface area contributed by atoms with Crippen molar-refractivity contribution in [2.24, 2.45) is 0 Å². The third-order valence-electron chi connectivity index (χ3n) is 4.45. The van der Waals surface area contributed by atoms with Gasteiger partial charge in [0.1, 0.15) is 6.54 Å². The zero-order chi connectivity index (χ0) is 19.2. The fraction of sp³-hybridized carbons (Fsp3) is 0.100. The Labute approximate surface area is 152 Å². The predicted molar refractivity (Wildman–Crippen MR) is 95.7 cm³/mol. The molecule has 1 aliphatic heterocycles. The lowest BCUT2D eigenvalue weighted by molar-refractivity contribution is -0.137. The maximum atomic E-state index is 12.6. The lowest BCUT2D eigenvalue weighted by atomic mass is 10.1. The number of hydrogen-bond donors (Lipinski definition) is 1. The summed E-state index contributed by atoms with van der Waals surface area (Å²) in [4.78, 5) is 26.4. The van der Waals surface area contributed by atoms with Crippen molar-refractivity contribution < 1.29 is 22.8 Å². The van der Waals surface area contributed by atoms with E-state index in [9.17, 15) is 22.8 Å². The number of anilines is 2. The Balaban J connectivity index is 1.53. The van der Waals surface area contributed by atoms with Gasteiger partial charge in [0.2, 0.25) is 5.91 Å². The van der Waals surface area contributed by atoms with Crippen molar-refractivity contribution in [2.45, 2.75) is 6.18 Å². The monoisotopic (exact) mass is 370 g/mol. The largest absolute Gasteiger partial charge is 0.416 e. The molecule has 4 nitrogen and oxygen atoms in total. The highest BCUT2D eigenvalue weighted by Gasteiger charge is 2.31. The van der Waals surface area contributed by atoms with Gasteiger partial charge in [-0.2, -0.15) is 13.2 Å². The zero-order valence-corrected chi connectivity index (χ0v) is 13.9. The van der Waals surface area contributed by atoms with Gasteiger partial charge in [-0.15, -0.1) is 0 Å². The number of amides is 2. The van der Waals surface area contributed by atoms with Crippen molar-refractivity contribution >= 4 is 34.0 Å². The Hall–Kier alpha value is -3.35. The first-order valence-corrected chi connectivity index (χ1v) is 8.15. The number of nitrogens with one attached hydrogen (secondary N) is 1. The average Bonchev–Trinajstić information content (AvgIpc) is 2.90. The van der Waals surface area contributed by atoms with Crippen LogP contribution < -0.4 is 10.2 Å². The molecule has 0 aromatic heterocycles. The summed E-state index contributed by atoms with van der Waals surface area (Å²) in [5.41, 5.74) is 0.619. The van der Waals surface area contributed by atoms with Crippen molar-refractivity contribution in [1.29, 1.82) is 0 Å². The summed E-state index contributed by atoms with van der Waals surface area (Å²) in [6.07, 6.45) is -4.44. The Morgan fingerprint density at radius 1 is 0.963 bits per heavy atom. The molecule has 0 saturated heterocycles. The quantitative estimate of drug-likeness (QED) is 0.740. The standard InChI is InChI=1S/C20H13F3N2O2/c21-20(22,23)13-7-9-14(10-8-13)24-17(26)11-25-16-6-2-4-12-3-1-5-15(18(12)16)19(25)27/h1-10H,11H2,(H,24,26). The van der Waals surface area contributed by atoms with Crippen LogP contribution in [0.5, 0.6) is 0 Å². The fourth-order valence-corrected chi connectivity index (χ4v) is 3.22. The zero-order valence-electron chi connectivity index (χ0n) is 13.9. The molecule has 7 heteroatoms. The smallest absolute Gasteiger partial charge is 0.325 e. The van der Waals surface area contributed by atoms with Crippen LogP contribution in [0.25, 0.3) is 10.8 Å². The number of alkyl halides is 3. The molecule has 2 amide bonds. The lowest BCUT2D eigenvalue weighted by Crippen LogP contribution is -2.35. The Bertz CT molecular complexity index is 1050. The van der Waals surface area contributed by atoms with E-state index >= 15 is 0 Å². The average molecular weight is 370 g/mol. The first-order chi connectivity index (χ1) is 12.8. The summed E-state index contributed by atoms with van der Waals surface area (Å²) >= 11 is 0. The Morgan fingerprint density at radius 3 is 2.30 bits per heavy atom. The van der Waals surface area contributed by atoms with Crippen LogP contribution in [0.4, 0.5) is 24.5 Å². The first kappa shape index (κ1) is 17.1. The molecule has 0 aliphatic carbocycles. The van der Waals surface area contributed by atoms with E-state index in [0.29, 0.717) is 11.3 Å². The molecule has 3 aromatic carbocycles. The van der Waals surface area contributed by atoms with Crippen LogP contribution in [0.1, 0.15) is 15.9 Å². The second kappa shape index (κ2) is 6.12. The fourth-order valence-electron chi connectivity index (χ4n) is 3.22.